The summed E-state index contributed by atoms with van der Waals surface area (Å²) in [6.45, 7) is 7.65. The van der Waals surface area contributed by atoms with Crippen LogP contribution < -0.4 is 0 Å². The summed E-state index contributed by atoms with van der Waals surface area (Å²) >= 11 is 0. The molecular weight excluding hydrogens is 314 g/mol. The van der Waals surface area contributed by atoms with Crippen molar-refractivity contribution in [2.24, 2.45) is 18.4 Å². The van der Waals surface area contributed by atoms with Crippen molar-refractivity contribution in [3.63, 3.8) is 0 Å². The van der Waals surface area contributed by atoms with E-state index in [1.54, 1.807) is 17.1 Å². The van der Waals surface area contributed by atoms with E-state index in [-0.39, 0.29) is 11.3 Å². The molecule has 0 aromatic carbocycles. The molecule has 6 heteroatoms. The van der Waals surface area contributed by atoms with Crippen LogP contribution in [0, 0.1) is 11.3 Å². The molecule has 1 aliphatic heterocycles. The van der Waals surface area contributed by atoms with Crippen LogP contribution in [0.2, 0.25) is 0 Å². The van der Waals surface area contributed by atoms with Crippen LogP contribution in [0.5, 0.6) is 0 Å². The summed E-state index contributed by atoms with van der Waals surface area (Å²) in [4.78, 5) is 23.7. The van der Waals surface area contributed by atoms with Crippen molar-refractivity contribution < 1.29 is 4.79 Å². The van der Waals surface area contributed by atoms with Gasteiger partial charge in [0.25, 0.3) is 0 Å². The Labute approximate surface area is 149 Å². The third-order valence-corrected chi connectivity index (χ3v) is 4.63. The van der Waals surface area contributed by atoms with Crippen LogP contribution in [-0.4, -0.2) is 43.6 Å². The van der Waals surface area contributed by atoms with Crippen molar-refractivity contribution >= 4 is 5.91 Å². The van der Waals surface area contributed by atoms with Gasteiger partial charge in [0.05, 0.1) is 23.8 Å². The number of nitrogens with zero attached hydrogens (tertiary/aromatic N) is 5. The van der Waals surface area contributed by atoms with Gasteiger partial charge in [0.1, 0.15) is 0 Å². The fraction of sp³-hybridized carbons (Fsp3) is 0.579. The van der Waals surface area contributed by atoms with Crippen LogP contribution in [0.3, 0.4) is 0 Å². The second-order valence-electron chi connectivity index (χ2n) is 8.01. The third-order valence-electron chi connectivity index (χ3n) is 4.63. The molecule has 1 saturated heterocycles. The lowest BCUT2D eigenvalue weighted by Gasteiger charge is -2.36. The molecule has 1 atom stereocenters. The molecule has 0 radical (unpaired) electrons. The highest BCUT2D eigenvalue weighted by atomic mass is 16.2. The quantitative estimate of drug-likeness (QED) is 0.861. The van der Waals surface area contributed by atoms with Gasteiger partial charge in [-0.1, -0.05) is 20.8 Å². The highest BCUT2D eigenvalue weighted by molar-refractivity contribution is 5.81. The minimum absolute atomic E-state index is 0.243. The molecule has 2 aromatic rings. The summed E-state index contributed by atoms with van der Waals surface area (Å²) < 4.78 is 1.76. The van der Waals surface area contributed by atoms with E-state index >= 15 is 0 Å². The SMILES string of the molecule is Cn1cc(-c2cncc(C[C@H]3CCCN(C(=O)C(C)(C)C)C3)n2)cn1. The molecular formula is C19H27N5O. The summed E-state index contributed by atoms with van der Waals surface area (Å²) in [6.07, 6.45) is 10.4. The van der Waals surface area contributed by atoms with E-state index in [1.165, 1.54) is 0 Å². The second-order valence-corrected chi connectivity index (χ2v) is 8.01. The molecule has 2 aromatic heterocycles. The van der Waals surface area contributed by atoms with Crippen molar-refractivity contribution in [2.75, 3.05) is 13.1 Å². The molecule has 3 heterocycles. The topological polar surface area (TPSA) is 63.9 Å². The Bertz CT molecular complexity index is 746. The maximum Gasteiger partial charge on any atom is 0.227 e. The average molecular weight is 341 g/mol. The first kappa shape index (κ1) is 17.6. The Morgan fingerprint density at radius 2 is 2.08 bits per heavy atom. The lowest BCUT2D eigenvalue weighted by Crippen LogP contribution is -2.45. The summed E-state index contributed by atoms with van der Waals surface area (Å²) in [5.41, 5.74) is 2.49. The Kier molecular flexibility index (Phi) is 4.88. The smallest absolute Gasteiger partial charge is 0.227 e. The molecule has 25 heavy (non-hydrogen) atoms. The van der Waals surface area contributed by atoms with Crippen molar-refractivity contribution in [1.82, 2.24) is 24.6 Å². The lowest BCUT2D eigenvalue weighted by atomic mass is 9.89. The number of aromatic nitrogens is 4. The number of hydrogen-bond acceptors (Lipinski definition) is 4. The van der Waals surface area contributed by atoms with Gasteiger partial charge in [-0.25, -0.2) is 4.98 Å². The summed E-state index contributed by atoms with van der Waals surface area (Å²) in [5.74, 6) is 0.686. The van der Waals surface area contributed by atoms with Gasteiger partial charge in [-0.15, -0.1) is 0 Å². The van der Waals surface area contributed by atoms with Gasteiger partial charge in [0.15, 0.2) is 0 Å². The standard InChI is InChI=1S/C19H27N5O/c1-19(2,3)18(25)24-7-5-6-14(12-24)8-16-10-20-11-17(22-16)15-9-21-23(4)13-15/h9-11,13-14H,5-8,12H2,1-4H3/t14-/m1/s1. The van der Waals surface area contributed by atoms with Crippen molar-refractivity contribution in [3.05, 3.63) is 30.5 Å². The van der Waals surface area contributed by atoms with Gasteiger partial charge in [-0.05, 0) is 25.2 Å². The van der Waals surface area contributed by atoms with Gasteiger partial charge in [-0.2, -0.15) is 5.10 Å². The second kappa shape index (κ2) is 6.94. The molecule has 134 valence electrons. The predicted octanol–water partition coefficient (Wildman–Crippen LogP) is 2.70. The van der Waals surface area contributed by atoms with Gasteiger partial charge >= 0.3 is 0 Å². The van der Waals surface area contributed by atoms with Crippen LogP contribution >= 0.6 is 0 Å². The maximum absolute atomic E-state index is 12.5. The van der Waals surface area contributed by atoms with Crippen LogP contribution in [0.25, 0.3) is 11.3 Å². The van der Waals surface area contributed by atoms with E-state index in [2.05, 4.69) is 10.1 Å². The first-order chi connectivity index (χ1) is 11.8. The van der Waals surface area contributed by atoms with Crippen LogP contribution in [0.15, 0.2) is 24.8 Å². The fourth-order valence-corrected chi connectivity index (χ4v) is 3.38. The van der Waals surface area contributed by atoms with E-state index in [0.717, 1.165) is 49.3 Å². The van der Waals surface area contributed by atoms with Crippen LogP contribution in [0.4, 0.5) is 0 Å². The van der Waals surface area contributed by atoms with Gasteiger partial charge in [0.2, 0.25) is 5.91 Å². The molecule has 0 N–H and O–H groups in total. The number of hydrogen-bond donors (Lipinski definition) is 0. The highest BCUT2D eigenvalue weighted by Crippen LogP contribution is 2.25. The van der Waals surface area contributed by atoms with Crippen LogP contribution in [-0.2, 0) is 18.3 Å². The minimum Gasteiger partial charge on any atom is -0.342 e. The molecule has 0 unspecified atom stereocenters. The molecule has 1 aliphatic rings. The summed E-state index contributed by atoms with van der Waals surface area (Å²) in [7, 11) is 1.89. The Morgan fingerprint density at radius 3 is 2.76 bits per heavy atom. The maximum atomic E-state index is 12.5. The molecule has 0 saturated carbocycles. The number of aryl methyl sites for hydroxylation is 1. The third kappa shape index (κ3) is 4.24. The van der Waals surface area contributed by atoms with Crippen molar-refractivity contribution in [2.45, 2.75) is 40.0 Å². The largest absolute Gasteiger partial charge is 0.342 e. The van der Waals surface area contributed by atoms with E-state index in [9.17, 15) is 4.79 Å². The summed E-state index contributed by atoms with van der Waals surface area (Å²) in [5, 5.41) is 4.20. The number of amides is 1. The normalized spacial score (nSPS) is 18.4. The summed E-state index contributed by atoms with van der Waals surface area (Å²) in [6, 6.07) is 0. The molecule has 6 nitrogen and oxygen atoms in total. The number of rotatable bonds is 3. The molecule has 0 bridgehead atoms. The van der Waals surface area contributed by atoms with Gasteiger partial charge < -0.3 is 4.90 Å². The first-order valence-electron chi connectivity index (χ1n) is 8.92. The zero-order valence-corrected chi connectivity index (χ0v) is 15.6. The van der Waals surface area contributed by atoms with E-state index in [1.807, 2.05) is 45.1 Å². The Morgan fingerprint density at radius 1 is 1.28 bits per heavy atom. The van der Waals surface area contributed by atoms with Crippen molar-refractivity contribution in [1.29, 1.82) is 0 Å². The van der Waals surface area contributed by atoms with Gasteiger partial charge in [-0.3, -0.25) is 14.5 Å². The number of carbonyl (C=O) groups is 1. The van der Waals surface area contributed by atoms with Crippen LogP contribution in [0.1, 0.15) is 39.3 Å². The minimum atomic E-state index is -0.318. The first-order valence-corrected chi connectivity index (χ1v) is 8.92. The zero-order chi connectivity index (χ0) is 18.0. The van der Waals surface area contributed by atoms with Gasteiger partial charge in [0, 0.05) is 43.5 Å². The number of likely N-dealkylation sites (tertiary alicyclic amines) is 1. The fourth-order valence-electron chi connectivity index (χ4n) is 3.38. The number of piperidine rings is 1. The Hall–Kier alpha value is -2.24. The molecule has 1 fully saturated rings. The number of carbonyl (C=O) groups excluding carboxylic acids is 1. The average Bonchev–Trinajstić information content (AvgIpc) is 3.00. The molecule has 0 aliphatic carbocycles. The lowest BCUT2D eigenvalue weighted by molar-refractivity contribution is -0.141. The van der Waals surface area contributed by atoms with E-state index in [0.29, 0.717) is 5.92 Å². The van der Waals surface area contributed by atoms with E-state index in [4.69, 9.17) is 4.98 Å². The Balaban J connectivity index is 1.69. The predicted molar refractivity (Wildman–Crippen MR) is 96.7 cm³/mol. The molecule has 0 spiro atoms. The molecule has 1 amide bonds. The highest BCUT2D eigenvalue weighted by Gasteiger charge is 2.31. The monoisotopic (exact) mass is 341 g/mol. The molecule has 3 rings (SSSR count). The van der Waals surface area contributed by atoms with Crippen molar-refractivity contribution in [3.8, 4) is 11.3 Å². The zero-order valence-electron chi connectivity index (χ0n) is 15.6. The van der Waals surface area contributed by atoms with E-state index < -0.39 is 0 Å².